The number of amides is 1. The van der Waals surface area contributed by atoms with E-state index in [1.807, 2.05) is 49.4 Å². The van der Waals surface area contributed by atoms with Gasteiger partial charge in [0, 0.05) is 26.2 Å². The normalized spacial score (nSPS) is 11.1. The van der Waals surface area contributed by atoms with Crippen LogP contribution in [0.3, 0.4) is 0 Å². The number of carbonyl (C=O) groups excluding carboxylic acids is 1. The van der Waals surface area contributed by atoms with Gasteiger partial charge in [-0.15, -0.1) is 10.2 Å². The number of benzene rings is 2. The van der Waals surface area contributed by atoms with Crippen LogP contribution in [0.4, 0.5) is 5.13 Å². The van der Waals surface area contributed by atoms with E-state index in [-0.39, 0.29) is 11.7 Å². The topological polar surface area (TPSA) is 68.0 Å². The minimum atomic E-state index is -0.338. The molecule has 0 aliphatic rings. The fourth-order valence-electron chi connectivity index (χ4n) is 2.61. The maximum Gasteiger partial charge on any atom is 0.293 e. The number of thioether (sulfide) groups is 1. The molecule has 0 bridgehead atoms. The summed E-state index contributed by atoms with van der Waals surface area (Å²) in [6.45, 7) is 1.86. The Balaban J connectivity index is 1.44. The van der Waals surface area contributed by atoms with Gasteiger partial charge in [0.1, 0.15) is 5.58 Å². The highest BCUT2D eigenvalue weighted by molar-refractivity contribution is 9.10. The summed E-state index contributed by atoms with van der Waals surface area (Å²) in [4.78, 5) is 12.6. The van der Waals surface area contributed by atoms with Crippen LogP contribution in [0.25, 0.3) is 11.0 Å². The van der Waals surface area contributed by atoms with Crippen LogP contribution >= 0.6 is 50.6 Å². The van der Waals surface area contributed by atoms with Crippen molar-refractivity contribution in [3.05, 3.63) is 68.8 Å². The number of aromatic nitrogens is 2. The summed E-state index contributed by atoms with van der Waals surface area (Å²) in [7, 11) is 0. The third-order valence-corrected chi connectivity index (χ3v) is 6.80. The van der Waals surface area contributed by atoms with Crippen molar-refractivity contribution < 1.29 is 9.21 Å². The summed E-state index contributed by atoms with van der Waals surface area (Å²) in [6.07, 6.45) is 0. The number of nitrogens with zero attached hydrogens (tertiary/aromatic N) is 2. The molecule has 4 rings (SSSR count). The molecule has 0 saturated heterocycles. The Morgan fingerprint density at radius 1 is 1.25 bits per heavy atom. The standard InChI is InChI=1S/C19H13BrClN3O2S2/c1-10-14-8-12(20)4-7-15(14)26-16(10)17(25)22-18-23-24-19(28-18)27-9-11-2-5-13(21)6-3-11/h2-8H,9H2,1H3,(H,22,23,25). The predicted octanol–water partition coefficient (Wildman–Crippen LogP) is 6.55. The minimum absolute atomic E-state index is 0.277. The Morgan fingerprint density at radius 2 is 2.04 bits per heavy atom. The molecule has 0 aliphatic carbocycles. The molecule has 0 fully saturated rings. The summed E-state index contributed by atoms with van der Waals surface area (Å²) < 4.78 is 7.42. The van der Waals surface area contributed by atoms with Crippen LogP contribution in [-0.2, 0) is 5.75 Å². The summed E-state index contributed by atoms with van der Waals surface area (Å²) in [5.74, 6) is 0.686. The second-order valence-electron chi connectivity index (χ2n) is 5.94. The zero-order valence-corrected chi connectivity index (χ0v) is 18.5. The molecule has 0 radical (unpaired) electrons. The van der Waals surface area contributed by atoms with E-state index in [2.05, 4.69) is 31.4 Å². The van der Waals surface area contributed by atoms with Crippen LogP contribution < -0.4 is 5.32 Å². The van der Waals surface area contributed by atoms with E-state index in [1.165, 1.54) is 11.3 Å². The number of rotatable bonds is 5. The van der Waals surface area contributed by atoms with Crippen LogP contribution in [0.2, 0.25) is 5.02 Å². The molecule has 2 heterocycles. The van der Waals surface area contributed by atoms with Crippen molar-refractivity contribution in [1.29, 1.82) is 0 Å². The van der Waals surface area contributed by atoms with Crippen molar-refractivity contribution >= 4 is 72.6 Å². The molecule has 0 aliphatic heterocycles. The molecule has 2 aromatic carbocycles. The monoisotopic (exact) mass is 493 g/mol. The Labute approximate surface area is 182 Å². The average molecular weight is 495 g/mol. The van der Waals surface area contributed by atoms with Crippen molar-refractivity contribution in [3.8, 4) is 0 Å². The minimum Gasteiger partial charge on any atom is -0.451 e. The van der Waals surface area contributed by atoms with Crippen LogP contribution in [0.15, 0.2) is 55.7 Å². The number of hydrogen-bond donors (Lipinski definition) is 1. The molecule has 0 atom stereocenters. The number of halogens is 2. The van der Waals surface area contributed by atoms with Crippen molar-refractivity contribution in [2.45, 2.75) is 17.0 Å². The highest BCUT2D eigenvalue weighted by Crippen LogP contribution is 2.31. The van der Waals surface area contributed by atoms with E-state index in [1.54, 1.807) is 11.8 Å². The van der Waals surface area contributed by atoms with Gasteiger partial charge in [0.15, 0.2) is 10.1 Å². The summed E-state index contributed by atoms with van der Waals surface area (Å²) in [6, 6.07) is 13.3. The molecule has 1 amide bonds. The smallest absolute Gasteiger partial charge is 0.293 e. The largest absolute Gasteiger partial charge is 0.451 e. The molecular formula is C19H13BrClN3O2S2. The zero-order chi connectivity index (χ0) is 19.7. The van der Waals surface area contributed by atoms with Crippen LogP contribution in [0.5, 0.6) is 0 Å². The molecule has 142 valence electrons. The van der Waals surface area contributed by atoms with Gasteiger partial charge in [-0.05, 0) is 42.8 Å². The van der Waals surface area contributed by atoms with E-state index < -0.39 is 0 Å². The Kier molecular flexibility index (Phi) is 5.73. The Bertz CT molecular complexity index is 1160. The van der Waals surface area contributed by atoms with Crippen molar-refractivity contribution in [2.24, 2.45) is 0 Å². The fraction of sp³-hybridized carbons (Fsp3) is 0.105. The van der Waals surface area contributed by atoms with Gasteiger partial charge in [-0.25, -0.2) is 0 Å². The van der Waals surface area contributed by atoms with Crippen LogP contribution in [0.1, 0.15) is 21.7 Å². The van der Waals surface area contributed by atoms with Crippen LogP contribution in [-0.4, -0.2) is 16.1 Å². The number of hydrogen-bond acceptors (Lipinski definition) is 6. The van der Waals surface area contributed by atoms with Gasteiger partial charge in [-0.1, -0.05) is 62.8 Å². The average Bonchev–Trinajstić information content (AvgIpc) is 3.26. The SMILES string of the molecule is Cc1c(C(=O)Nc2nnc(SCc3ccc(Cl)cc3)s2)oc2ccc(Br)cc12. The number of fused-ring (bicyclic) bond motifs is 1. The van der Waals surface area contributed by atoms with Crippen molar-refractivity contribution in [2.75, 3.05) is 5.32 Å². The summed E-state index contributed by atoms with van der Waals surface area (Å²) >= 11 is 12.2. The van der Waals surface area contributed by atoms with Gasteiger partial charge in [0.05, 0.1) is 0 Å². The first-order valence-electron chi connectivity index (χ1n) is 8.20. The Morgan fingerprint density at radius 3 is 2.82 bits per heavy atom. The number of anilines is 1. The second-order valence-corrected chi connectivity index (χ2v) is 9.49. The maximum absolute atomic E-state index is 12.6. The lowest BCUT2D eigenvalue weighted by Gasteiger charge is -1.99. The molecule has 1 N–H and O–H groups in total. The van der Waals surface area contributed by atoms with Gasteiger partial charge in [0.25, 0.3) is 5.91 Å². The summed E-state index contributed by atoms with van der Waals surface area (Å²) in [5, 5.41) is 13.0. The van der Waals surface area contributed by atoms with E-state index in [9.17, 15) is 4.79 Å². The first-order chi connectivity index (χ1) is 13.5. The van der Waals surface area contributed by atoms with E-state index in [0.717, 1.165) is 31.1 Å². The van der Waals surface area contributed by atoms with Gasteiger partial charge in [0.2, 0.25) is 5.13 Å². The lowest BCUT2D eigenvalue weighted by atomic mass is 10.1. The highest BCUT2D eigenvalue weighted by Gasteiger charge is 2.19. The van der Waals surface area contributed by atoms with E-state index in [4.69, 9.17) is 16.0 Å². The maximum atomic E-state index is 12.6. The van der Waals surface area contributed by atoms with E-state index in [0.29, 0.717) is 15.7 Å². The second kappa shape index (κ2) is 8.24. The van der Waals surface area contributed by atoms with Gasteiger partial charge >= 0.3 is 0 Å². The zero-order valence-electron chi connectivity index (χ0n) is 14.5. The van der Waals surface area contributed by atoms with Crippen molar-refractivity contribution in [1.82, 2.24) is 10.2 Å². The molecule has 28 heavy (non-hydrogen) atoms. The molecule has 0 saturated carbocycles. The summed E-state index contributed by atoms with van der Waals surface area (Å²) in [5.41, 5.74) is 2.59. The lowest BCUT2D eigenvalue weighted by Crippen LogP contribution is -2.11. The third kappa shape index (κ3) is 4.25. The fourth-order valence-corrected chi connectivity index (χ4v) is 4.80. The molecule has 5 nitrogen and oxygen atoms in total. The van der Waals surface area contributed by atoms with Crippen molar-refractivity contribution in [3.63, 3.8) is 0 Å². The molecule has 4 aromatic rings. The Hall–Kier alpha value is -1.87. The number of carbonyl (C=O) groups is 1. The van der Waals surface area contributed by atoms with Gasteiger partial charge in [-0.3, -0.25) is 10.1 Å². The molecular weight excluding hydrogens is 482 g/mol. The van der Waals surface area contributed by atoms with Crippen LogP contribution in [0, 0.1) is 6.92 Å². The molecule has 2 aromatic heterocycles. The highest BCUT2D eigenvalue weighted by atomic mass is 79.9. The number of aryl methyl sites for hydroxylation is 1. The molecule has 9 heteroatoms. The van der Waals surface area contributed by atoms with E-state index >= 15 is 0 Å². The number of furan rings is 1. The first-order valence-corrected chi connectivity index (χ1v) is 11.2. The van der Waals surface area contributed by atoms with Gasteiger partial charge in [-0.2, -0.15) is 0 Å². The molecule has 0 unspecified atom stereocenters. The molecule has 0 spiro atoms. The first kappa shape index (κ1) is 19.4. The quantitative estimate of drug-likeness (QED) is 0.251. The van der Waals surface area contributed by atoms with Gasteiger partial charge < -0.3 is 4.42 Å². The third-order valence-electron chi connectivity index (χ3n) is 4.01. The lowest BCUT2D eigenvalue weighted by molar-refractivity contribution is 0.0998. The predicted molar refractivity (Wildman–Crippen MR) is 118 cm³/mol. The number of nitrogens with one attached hydrogen (secondary N) is 1.